The zero-order valence-corrected chi connectivity index (χ0v) is 11.3. The normalized spacial score (nSPS) is 14.2. The third kappa shape index (κ3) is 2.85. The highest BCUT2D eigenvalue weighted by molar-refractivity contribution is 8.12. The molecule has 0 aliphatic carbocycles. The highest BCUT2D eigenvalue weighted by Crippen LogP contribution is 2.25. The van der Waals surface area contributed by atoms with Crippen molar-refractivity contribution in [2.24, 2.45) is 0 Å². The first kappa shape index (κ1) is 13.0. The molecule has 1 aliphatic rings. The third-order valence-electron chi connectivity index (χ3n) is 2.78. The minimum atomic E-state index is 0.0632. The summed E-state index contributed by atoms with van der Waals surface area (Å²) < 4.78 is 12.4. The van der Waals surface area contributed by atoms with Crippen LogP contribution in [0.3, 0.4) is 0 Å². The van der Waals surface area contributed by atoms with Crippen molar-refractivity contribution in [1.29, 1.82) is 0 Å². The number of nitrogens with zero attached hydrogens (tertiary/aromatic N) is 1. The largest absolute Gasteiger partial charge is 0.497 e. The van der Waals surface area contributed by atoms with E-state index in [1.807, 2.05) is 10.1 Å². The molecule has 0 radical (unpaired) electrons. The lowest BCUT2D eigenvalue weighted by atomic mass is 10.1. The van der Waals surface area contributed by atoms with Crippen molar-refractivity contribution >= 4 is 23.1 Å². The molecule has 0 N–H and O–H groups in total. The van der Waals surface area contributed by atoms with Gasteiger partial charge in [0.2, 0.25) is 12.3 Å². The number of ketones is 1. The van der Waals surface area contributed by atoms with Gasteiger partial charge in [0.1, 0.15) is 11.5 Å². The van der Waals surface area contributed by atoms with E-state index >= 15 is 0 Å². The molecule has 2 rings (SSSR count). The molecule has 1 aliphatic heterocycles. The van der Waals surface area contributed by atoms with Gasteiger partial charge in [0.15, 0.2) is 12.1 Å². The fraction of sp³-hybridized carbons (Fsp3) is 0.385. The van der Waals surface area contributed by atoms with Crippen molar-refractivity contribution in [2.45, 2.75) is 0 Å². The number of benzene rings is 1. The van der Waals surface area contributed by atoms with Gasteiger partial charge in [0, 0.05) is 6.07 Å². The summed E-state index contributed by atoms with van der Waals surface area (Å²) in [7, 11) is 3.15. The summed E-state index contributed by atoms with van der Waals surface area (Å²) in [4.78, 5) is 12.2. The minimum Gasteiger partial charge on any atom is -0.497 e. The Hall–Kier alpha value is -1.49. The van der Waals surface area contributed by atoms with E-state index in [0.717, 1.165) is 12.3 Å². The number of Topliss-reactive ketones (excluding diaryl/α,β-unsaturated/α-hetero) is 1. The monoisotopic (exact) mass is 266 g/mol. The predicted molar refractivity (Wildman–Crippen MR) is 72.4 cm³/mol. The Bertz CT molecular complexity index is 485. The Morgan fingerprint density at radius 2 is 2.22 bits per heavy atom. The van der Waals surface area contributed by atoms with Crippen LogP contribution in [0.5, 0.6) is 11.5 Å². The van der Waals surface area contributed by atoms with E-state index in [1.165, 1.54) is 0 Å². The Morgan fingerprint density at radius 3 is 2.83 bits per heavy atom. The van der Waals surface area contributed by atoms with E-state index in [-0.39, 0.29) is 5.78 Å². The van der Waals surface area contributed by atoms with Crippen LogP contribution < -0.4 is 9.47 Å². The van der Waals surface area contributed by atoms with E-state index in [9.17, 15) is 4.79 Å². The molecule has 4 nitrogen and oxygen atoms in total. The van der Waals surface area contributed by atoms with E-state index in [1.54, 1.807) is 44.2 Å². The molecule has 1 heterocycles. The second-order valence-corrected chi connectivity index (χ2v) is 4.89. The van der Waals surface area contributed by atoms with Gasteiger partial charge in [-0.05, 0) is 12.1 Å². The standard InChI is InChI=1S/C13H16NO3S/c1-16-10-3-4-11(13(7-10)17-2)12(15)8-14-5-6-18-9-14/h3-4,7,9H,5-6,8H2,1-2H3/q+1. The summed E-state index contributed by atoms with van der Waals surface area (Å²) >= 11 is 1.73. The first-order valence-electron chi connectivity index (χ1n) is 5.69. The molecule has 0 saturated heterocycles. The first-order valence-corrected chi connectivity index (χ1v) is 6.73. The smallest absolute Gasteiger partial charge is 0.230 e. The van der Waals surface area contributed by atoms with Gasteiger partial charge in [0.05, 0.1) is 25.5 Å². The highest BCUT2D eigenvalue weighted by Gasteiger charge is 2.20. The van der Waals surface area contributed by atoms with Gasteiger partial charge in [-0.3, -0.25) is 4.79 Å². The number of carbonyl (C=O) groups excluding carboxylic acids is 1. The summed E-state index contributed by atoms with van der Waals surface area (Å²) in [6, 6.07) is 5.26. The molecule has 1 aromatic rings. The van der Waals surface area contributed by atoms with E-state index < -0.39 is 0 Å². The van der Waals surface area contributed by atoms with Gasteiger partial charge in [-0.2, -0.15) is 0 Å². The zero-order chi connectivity index (χ0) is 13.0. The SMILES string of the molecule is COc1ccc(C(=O)C[N+]2=CSCC2)c(OC)c1. The number of ether oxygens (including phenoxy) is 2. The maximum Gasteiger partial charge on any atom is 0.230 e. The summed E-state index contributed by atoms with van der Waals surface area (Å²) in [6.45, 7) is 1.32. The molecule has 0 spiro atoms. The fourth-order valence-corrected chi connectivity index (χ4v) is 2.63. The molecule has 0 atom stereocenters. The van der Waals surface area contributed by atoms with Gasteiger partial charge in [-0.15, -0.1) is 0 Å². The van der Waals surface area contributed by atoms with Gasteiger partial charge >= 0.3 is 0 Å². The summed E-state index contributed by atoms with van der Waals surface area (Å²) in [5.41, 5.74) is 2.61. The Balaban J connectivity index is 2.18. The summed E-state index contributed by atoms with van der Waals surface area (Å²) in [5.74, 6) is 2.36. The molecule has 0 unspecified atom stereocenters. The summed E-state index contributed by atoms with van der Waals surface area (Å²) in [5, 5.41) is 0. The average Bonchev–Trinajstić information content (AvgIpc) is 2.90. The molecule has 96 valence electrons. The zero-order valence-electron chi connectivity index (χ0n) is 10.5. The van der Waals surface area contributed by atoms with Crippen molar-refractivity contribution in [3.63, 3.8) is 0 Å². The minimum absolute atomic E-state index is 0.0632. The van der Waals surface area contributed by atoms with Gasteiger partial charge in [-0.1, -0.05) is 11.8 Å². The molecule has 5 heteroatoms. The van der Waals surface area contributed by atoms with Crippen molar-refractivity contribution < 1.29 is 18.8 Å². The summed E-state index contributed by atoms with van der Waals surface area (Å²) in [6.07, 6.45) is 0. The molecule has 0 bridgehead atoms. The maximum absolute atomic E-state index is 12.2. The molecule has 0 saturated carbocycles. The van der Waals surface area contributed by atoms with Crippen LogP contribution in [0.1, 0.15) is 10.4 Å². The lowest BCUT2D eigenvalue weighted by Gasteiger charge is -2.08. The Kier molecular flexibility index (Phi) is 4.25. The van der Waals surface area contributed by atoms with Crippen molar-refractivity contribution in [2.75, 3.05) is 33.1 Å². The topological polar surface area (TPSA) is 38.5 Å². The number of thioether (sulfide) groups is 1. The van der Waals surface area contributed by atoms with Gasteiger partial charge < -0.3 is 9.47 Å². The van der Waals surface area contributed by atoms with Crippen LogP contribution in [-0.4, -0.2) is 49.0 Å². The van der Waals surface area contributed by atoms with Crippen LogP contribution in [0.15, 0.2) is 18.2 Å². The number of hydrogen-bond donors (Lipinski definition) is 0. The van der Waals surface area contributed by atoms with E-state index in [0.29, 0.717) is 23.6 Å². The fourth-order valence-electron chi connectivity index (χ4n) is 1.80. The molecular weight excluding hydrogens is 250 g/mol. The lowest BCUT2D eigenvalue weighted by Crippen LogP contribution is -2.20. The van der Waals surface area contributed by atoms with Crippen LogP contribution in [-0.2, 0) is 0 Å². The Labute approximate surface area is 111 Å². The molecule has 18 heavy (non-hydrogen) atoms. The van der Waals surface area contributed by atoms with Crippen LogP contribution in [0, 0.1) is 0 Å². The van der Waals surface area contributed by atoms with Crippen LogP contribution in [0.2, 0.25) is 0 Å². The van der Waals surface area contributed by atoms with E-state index in [2.05, 4.69) is 0 Å². The number of carbonyl (C=O) groups is 1. The molecule has 0 amide bonds. The van der Waals surface area contributed by atoms with E-state index in [4.69, 9.17) is 9.47 Å². The Morgan fingerprint density at radius 1 is 1.39 bits per heavy atom. The quantitative estimate of drug-likeness (QED) is 0.600. The lowest BCUT2D eigenvalue weighted by molar-refractivity contribution is -0.499. The average molecular weight is 266 g/mol. The third-order valence-corrected chi connectivity index (χ3v) is 3.64. The maximum atomic E-state index is 12.2. The van der Waals surface area contributed by atoms with Gasteiger partial charge in [-0.25, -0.2) is 4.58 Å². The van der Waals surface area contributed by atoms with Gasteiger partial charge in [0.25, 0.3) is 0 Å². The molecular formula is C13H16NO3S+. The molecule has 0 fully saturated rings. The van der Waals surface area contributed by atoms with Crippen molar-refractivity contribution in [3.05, 3.63) is 23.8 Å². The molecule has 1 aromatic carbocycles. The number of hydrogen-bond acceptors (Lipinski definition) is 4. The molecule has 0 aromatic heterocycles. The van der Waals surface area contributed by atoms with Crippen molar-refractivity contribution in [3.8, 4) is 11.5 Å². The number of methoxy groups -OCH3 is 2. The van der Waals surface area contributed by atoms with Crippen LogP contribution in [0.4, 0.5) is 0 Å². The highest BCUT2D eigenvalue weighted by atomic mass is 32.2. The van der Waals surface area contributed by atoms with Crippen LogP contribution >= 0.6 is 11.8 Å². The second kappa shape index (κ2) is 5.91. The van der Waals surface area contributed by atoms with Crippen LogP contribution in [0.25, 0.3) is 0 Å². The van der Waals surface area contributed by atoms with Crippen molar-refractivity contribution in [1.82, 2.24) is 0 Å². The second-order valence-electron chi connectivity index (χ2n) is 3.94. The predicted octanol–water partition coefficient (Wildman–Crippen LogP) is 1.67. The number of rotatable bonds is 5. The first-order chi connectivity index (χ1) is 8.74.